The van der Waals surface area contributed by atoms with Crippen molar-refractivity contribution in [1.29, 1.82) is 0 Å². The van der Waals surface area contributed by atoms with Crippen molar-refractivity contribution < 1.29 is 4.79 Å². The van der Waals surface area contributed by atoms with Crippen LogP contribution in [0, 0.1) is 5.41 Å². The average molecular weight is 306 g/mol. The van der Waals surface area contributed by atoms with Crippen molar-refractivity contribution in [2.24, 2.45) is 5.41 Å². The summed E-state index contributed by atoms with van der Waals surface area (Å²) in [7, 11) is 0. The highest BCUT2D eigenvalue weighted by molar-refractivity contribution is 6.04. The first kappa shape index (κ1) is 15.6. The molecule has 2 aromatic rings. The Morgan fingerprint density at radius 1 is 1.13 bits per heavy atom. The van der Waals surface area contributed by atoms with Crippen molar-refractivity contribution in [2.45, 2.75) is 20.4 Å². The second-order valence-corrected chi connectivity index (χ2v) is 6.77. The van der Waals surface area contributed by atoms with E-state index in [0.29, 0.717) is 6.54 Å². The number of rotatable bonds is 3. The normalized spacial score (nSPS) is 19.9. The number of carbonyl (C=O) groups is 1. The quantitative estimate of drug-likeness (QED) is 0.813. The fraction of sp³-hybridized carbons (Fsp3) is 0.300. The zero-order valence-electron chi connectivity index (χ0n) is 13.7. The van der Waals surface area contributed by atoms with Crippen LogP contribution in [0.5, 0.6) is 0 Å². The molecule has 1 aliphatic rings. The molecule has 23 heavy (non-hydrogen) atoms. The minimum absolute atomic E-state index is 0.229. The van der Waals surface area contributed by atoms with Crippen LogP contribution in [-0.2, 0) is 11.3 Å². The molecular formula is C20H22N2O. The molecule has 1 aromatic carbocycles. The van der Waals surface area contributed by atoms with Crippen molar-refractivity contribution >= 4 is 11.9 Å². The van der Waals surface area contributed by atoms with E-state index >= 15 is 0 Å². The van der Waals surface area contributed by atoms with Crippen molar-refractivity contribution in [3.8, 4) is 0 Å². The minimum atomic E-state index is -0.367. The van der Waals surface area contributed by atoms with E-state index in [-0.39, 0.29) is 11.2 Å². The maximum absolute atomic E-state index is 12.7. The first-order valence-electron chi connectivity index (χ1n) is 7.97. The number of hydrogen-bond donors (Lipinski definition) is 0. The SMILES string of the molecule is CC1(C)CN(Cc2ccccc2)CC(=Cc2ccccn2)C1=O. The second kappa shape index (κ2) is 6.47. The first-order chi connectivity index (χ1) is 11.0. The number of benzene rings is 1. The van der Waals surface area contributed by atoms with Gasteiger partial charge in [0.2, 0.25) is 0 Å². The molecule has 118 valence electrons. The predicted molar refractivity (Wildman–Crippen MR) is 92.7 cm³/mol. The highest BCUT2D eigenvalue weighted by Crippen LogP contribution is 2.30. The van der Waals surface area contributed by atoms with Crippen LogP contribution < -0.4 is 0 Å². The van der Waals surface area contributed by atoms with Gasteiger partial charge in [0, 0.05) is 36.8 Å². The molecule has 1 aliphatic heterocycles. The molecule has 0 atom stereocenters. The van der Waals surface area contributed by atoms with Crippen molar-refractivity contribution in [2.75, 3.05) is 13.1 Å². The Morgan fingerprint density at radius 3 is 2.57 bits per heavy atom. The summed E-state index contributed by atoms with van der Waals surface area (Å²) >= 11 is 0. The van der Waals surface area contributed by atoms with Gasteiger partial charge in [0.15, 0.2) is 5.78 Å². The lowest BCUT2D eigenvalue weighted by Gasteiger charge is -2.38. The molecular weight excluding hydrogens is 284 g/mol. The molecule has 3 heteroatoms. The van der Waals surface area contributed by atoms with Crippen molar-refractivity contribution in [3.63, 3.8) is 0 Å². The summed E-state index contributed by atoms with van der Waals surface area (Å²) in [4.78, 5) is 19.4. The van der Waals surface area contributed by atoms with Crippen molar-refractivity contribution in [3.05, 3.63) is 71.6 Å². The molecule has 0 bridgehead atoms. The molecule has 0 N–H and O–H groups in total. The van der Waals surface area contributed by atoms with Gasteiger partial charge in [0.1, 0.15) is 0 Å². The van der Waals surface area contributed by atoms with Crippen LogP contribution in [-0.4, -0.2) is 28.8 Å². The van der Waals surface area contributed by atoms with Gasteiger partial charge in [0.25, 0.3) is 0 Å². The molecule has 2 heterocycles. The molecule has 0 saturated carbocycles. The summed E-state index contributed by atoms with van der Waals surface area (Å²) in [5, 5.41) is 0. The Hall–Kier alpha value is -2.26. The molecule has 1 aromatic heterocycles. The monoisotopic (exact) mass is 306 g/mol. The molecule has 0 unspecified atom stereocenters. The summed E-state index contributed by atoms with van der Waals surface area (Å²) in [5.74, 6) is 0.229. The number of carbonyl (C=O) groups excluding carboxylic acids is 1. The number of aromatic nitrogens is 1. The summed E-state index contributed by atoms with van der Waals surface area (Å²) in [6, 6.07) is 16.2. The van der Waals surface area contributed by atoms with Crippen LogP contribution in [0.2, 0.25) is 0 Å². The van der Waals surface area contributed by atoms with E-state index in [1.165, 1.54) is 5.56 Å². The number of likely N-dealkylation sites (tertiary alicyclic amines) is 1. The lowest BCUT2D eigenvalue weighted by atomic mass is 9.79. The number of Topliss-reactive ketones (excluding diaryl/α,β-unsaturated/α-hetero) is 1. The topological polar surface area (TPSA) is 33.2 Å². The van der Waals surface area contributed by atoms with E-state index in [0.717, 1.165) is 24.4 Å². The summed E-state index contributed by atoms with van der Waals surface area (Å²) in [5.41, 5.74) is 2.59. The lowest BCUT2D eigenvalue weighted by molar-refractivity contribution is -0.126. The molecule has 1 fully saturated rings. The zero-order chi connectivity index (χ0) is 16.3. The zero-order valence-corrected chi connectivity index (χ0v) is 13.7. The number of piperidine rings is 1. The van der Waals surface area contributed by atoms with Crippen LogP contribution >= 0.6 is 0 Å². The number of nitrogens with zero attached hydrogens (tertiary/aromatic N) is 2. The Kier molecular flexibility index (Phi) is 4.39. The highest BCUT2D eigenvalue weighted by atomic mass is 16.1. The van der Waals surface area contributed by atoms with Crippen LogP contribution in [0.15, 0.2) is 60.3 Å². The Labute approximate surface area is 137 Å². The molecule has 0 spiro atoms. The van der Waals surface area contributed by atoms with Gasteiger partial charge < -0.3 is 0 Å². The summed E-state index contributed by atoms with van der Waals surface area (Å²) < 4.78 is 0. The highest BCUT2D eigenvalue weighted by Gasteiger charge is 2.37. The summed E-state index contributed by atoms with van der Waals surface area (Å²) in [6.45, 7) is 6.36. The third-order valence-electron chi connectivity index (χ3n) is 4.18. The van der Waals surface area contributed by atoms with E-state index < -0.39 is 0 Å². The number of ketones is 1. The van der Waals surface area contributed by atoms with E-state index in [2.05, 4.69) is 34.1 Å². The van der Waals surface area contributed by atoms with Crippen LogP contribution in [0.25, 0.3) is 6.08 Å². The molecule has 3 nitrogen and oxygen atoms in total. The second-order valence-electron chi connectivity index (χ2n) is 6.77. The average Bonchev–Trinajstić information content (AvgIpc) is 2.54. The third-order valence-corrected chi connectivity index (χ3v) is 4.18. The van der Waals surface area contributed by atoms with Gasteiger partial charge in [-0.25, -0.2) is 0 Å². The lowest BCUT2D eigenvalue weighted by Crippen LogP contribution is -2.47. The largest absolute Gasteiger partial charge is 0.294 e. The fourth-order valence-electron chi connectivity index (χ4n) is 3.14. The smallest absolute Gasteiger partial charge is 0.167 e. The van der Waals surface area contributed by atoms with E-state index in [1.54, 1.807) is 6.20 Å². The number of hydrogen-bond acceptors (Lipinski definition) is 3. The molecule has 3 rings (SSSR count). The molecule has 0 amide bonds. The maximum Gasteiger partial charge on any atom is 0.167 e. The standard InChI is InChI=1S/C20H22N2O/c1-20(2)15-22(13-16-8-4-3-5-9-16)14-17(19(20)23)12-18-10-6-7-11-21-18/h3-12H,13-15H2,1-2H3. The van der Waals surface area contributed by atoms with Gasteiger partial charge in [0.05, 0.1) is 5.69 Å². The van der Waals surface area contributed by atoms with Crippen LogP contribution in [0.4, 0.5) is 0 Å². The van der Waals surface area contributed by atoms with Gasteiger partial charge in [-0.2, -0.15) is 0 Å². The van der Waals surface area contributed by atoms with Gasteiger partial charge in [-0.3, -0.25) is 14.7 Å². The first-order valence-corrected chi connectivity index (χ1v) is 7.97. The third kappa shape index (κ3) is 3.74. The fourth-order valence-corrected chi connectivity index (χ4v) is 3.14. The Balaban J connectivity index is 1.84. The van der Waals surface area contributed by atoms with Crippen LogP contribution in [0.3, 0.4) is 0 Å². The maximum atomic E-state index is 12.7. The summed E-state index contributed by atoms with van der Waals surface area (Å²) in [6.07, 6.45) is 3.69. The van der Waals surface area contributed by atoms with E-state index in [4.69, 9.17) is 0 Å². The van der Waals surface area contributed by atoms with Gasteiger partial charge in [-0.05, 0) is 23.8 Å². The van der Waals surface area contributed by atoms with Gasteiger partial charge in [-0.1, -0.05) is 50.2 Å². The van der Waals surface area contributed by atoms with Gasteiger partial charge >= 0.3 is 0 Å². The minimum Gasteiger partial charge on any atom is -0.294 e. The Morgan fingerprint density at radius 2 is 1.87 bits per heavy atom. The molecule has 1 saturated heterocycles. The van der Waals surface area contributed by atoms with E-state index in [1.807, 2.05) is 44.2 Å². The molecule has 0 aliphatic carbocycles. The Bertz CT molecular complexity index is 705. The predicted octanol–water partition coefficient (Wildman–Crippen LogP) is 3.58. The van der Waals surface area contributed by atoms with Gasteiger partial charge in [-0.15, -0.1) is 0 Å². The van der Waals surface area contributed by atoms with Crippen molar-refractivity contribution in [1.82, 2.24) is 9.88 Å². The number of pyridine rings is 1. The van der Waals surface area contributed by atoms with E-state index in [9.17, 15) is 4.79 Å². The molecule has 0 radical (unpaired) electrons. The van der Waals surface area contributed by atoms with Crippen LogP contribution in [0.1, 0.15) is 25.1 Å².